The fourth-order valence-corrected chi connectivity index (χ4v) is 9.30. The monoisotopic (exact) mass is 840 g/mol. The van der Waals surface area contributed by atoms with E-state index in [2.05, 4.69) is 84.6 Å². The molecular formula is C57H32N2O6. The number of amides is 4. The molecule has 8 nitrogen and oxygen atoms in total. The fraction of sp³-hybridized carbons (Fsp3) is 0.0175. The smallest absolute Gasteiger partial charge is 0.266 e. The fourth-order valence-electron chi connectivity index (χ4n) is 9.30. The number of terminal acetylenes is 2. The molecule has 0 saturated heterocycles. The summed E-state index contributed by atoms with van der Waals surface area (Å²) in [7, 11) is 0. The number of carbonyl (C=O) groups excluding carboxylic acids is 4. The summed E-state index contributed by atoms with van der Waals surface area (Å²) in [5, 5.41) is 0. The number of imide groups is 2. The zero-order chi connectivity index (χ0) is 44.4. The summed E-state index contributed by atoms with van der Waals surface area (Å²) < 4.78 is 12.6. The minimum absolute atomic E-state index is 0.286. The molecule has 0 aromatic heterocycles. The minimum Gasteiger partial charge on any atom is -0.457 e. The third-order valence-corrected chi connectivity index (χ3v) is 12.3. The molecule has 0 fully saturated rings. The Morgan fingerprint density at radius 3 is 1.08 bits per heavy atom. The molecule has 306 valence electrons. The van der Waals surface area contributed by atoms with Gasteiger partial charge in [-0.1, -0.05) is 84.6 Å². The van der Waals surface area contributed by atoms with Gasteiger partial charge in [-0.05, 0) is 143 Å². The van der Waals surface area contributed by atoms with E-state index in [9.17, 15) is 19.2 Å². The summed E-state index contributed by atoms with van der Waals surface area (Å²) in [4.78, 5) is 55.2. The van der Waals surface area contributed by atoms with Crippen LogP contribution in [-0.4, -0.2) is 23.6 Å². The number of anilines is 2. The Morgan fingerprint density at radius 1 is 0.369 bits per heavy atom. The molecule has 8 heteroatoms. The highest BCUT2D eigenvalue weighted by Crippen LogP contribution is 2.56. The van der Waals surface area contributed by atoms with Gasteiger partial charge in [0.15, 0.2) is 0 Å². The second kappa shape index (κ2) is 15.0. The molecule has 0 atom stereocenters. The highest BCUT2D eigenvalue weighted by molar-refractivity contribution is 6.35. The highest BCUT2D eigenvalue weighted by Gasteiger charge is 2.46. The zero-order valence-corrected chi connectivity index (χ0v) is 34.3. The quantitative estimate of drug-likeness (QED) is 0.112. The Labute approximate surface area is 373 Å². The van der Waals surface area contributed by atoms with Gasteiger partial charge in [-0.25, -0.2) is 9.80 Å². The number of ether oxygens (including phenoxy) is 2. The molecule has 0 unspecified atom stereocenters. The van der Waals surface area contributed by atoms with Crippen molar-refractivity contribution < 1.29 is 28.7 Å². The van der Waals surface area contributed by atoms with E-state index in [0.29, 0.717) is 56.6 Å². The first-order valence-corrected chi connectivity index (χ1v) is 20.7. The van der Waals surface area contributed by atoms with E-state index < -0.39 is 29.0 Å². The molecule has 1 aliphatic carbocycles. The molecule has 8 aromatic rings. The van der Waals surface area contributed by atoms with E-state index in [-0.39, 0.29) is 11.1 Å². The van der Waals surface area contributed by atoms with Crippen molar-refractivity contribution in [2.45, 2.75) is 5.41 Å². The van der Waals surface area contributed by atoms with Crippen LogP contribution in [0.25, 0.3) is 11.1 Å². The number of hydrogen-bond donors (Lipinski definition) is 0. The summed E-state index contributed by atoms with van der Waals surface area (Å²) in [6.45, 7) is 0. The van der Waals surface area contributed by atoms with E-state index in [1.54, 1.807) is 84.9 Å². The average Bonchev–Trinajstić information content (AvgIpc) is 3.90. The van der Waals surface area contributed by atoms with Crippen LogP contribution in [0.2, 0.25) is 0 Å². The first-order chi connectivity index (χ1) is 31.8. The third-order valence-electron chi connectivity index (χ3n) is 12.3. The van der Waals surface area contributed by atoms with Crippen LogP contribution in [-0.2, 0) is 5.41 Å². The maximum absolute atomic E-state index is 13.2. The third kappa shape index (κ3) is 6.05. The topological polar surface area (TPSA) is 93.2 Å². The normalized spacial score (nSPS) is 14.0. The first-order valence-electron chi connectivity index (χ1n) is 20.7. The van der Waals surface area contributed by atoms with Crippen LogP contribution in [0.4, 0.5) is 11.4 Å². The largest absolute Gasteiger partial charge is 0.457 e. The van der Waals surface area contributed by atoms with Crippen molar-refractivity contribution in [3.8, 4) is 58.8 Å². The van der Waals surface area contributed by atoms with E-state index in [4.69, 9.17) is 22.3 Å². The lowest BCUT2D eigenvalue weighted by atomic mass is 9.68. The number of carbonyl (C=O) groups is 4. The summed E-state index contributed by atoms with van der Waals surface area (Å²) in [6.07, 6.45) is 11.1. The van der Waals surface area contributed by atoms with Gasteiger partial charge in [-0.15, -0.1) is 12.8 Å². The van der Waals surface area contributed by atoms with Gasteiger partial charge >= 0.3 is 0 Å². The Kier molecular flexibility index (Phi) is 8.92. The number of benzene rings is 8. The van der Waals surface area contributed by atoms with Crippen molar-refractivity contribution in [2.75, 3.05) is 9.80 Å². The molecule has 8 aromatic carbocycles. The second-order valence-electron chi connectivity index (χ2n) is 15.8. The van der Waals surface area contributed by atoms with Crippen molar-refractivity contribution in [2.24, 2.45) is 0 Å². The van der Waals surface area contributed by atoms with Crippen LogP contribution >= 0.6 is 0 Å². The van der Waals surface area contributed by atoms with Crippen LogP contribution in [0, 0.1) is 24.7 Å². The van der Waals surface area contributed by atoms with E-state index in [0.717, 1.165) is 43.2 Å². The summed E-state index contributed by atoms with van der Waals surface area (Å²) in [5.74, 6) is 5.66. The van der Waals surface area contributed by atoms with Crippen molar-refractivity contribution >= 4 is 35.0 Å². The van der Waals surface area contributed by atoms with Crippen molar-refractivity contribution in [3.05, 3.63) is 238 Å². The van der Waals surface area contributed by atoms with E-state index >= 15 is 0 Å². The Hall–Kier alpha value is -9.24. The molecule has 11 rings (SSSR count). The zero-order valence-electron chi connectivity index (χ0n) is 34.3. The molecule has 4 amide bonds. The number of hydrogen-bond acceptors (Lipinski definition) is 6. The van der Waals surface area contributed by atoms with Gasteiger partial charge < -0.3 is 9.47 Å². The second-order valence-corrected chi connectivity index (χ2v) is 15.8. The van der Waals surface area contributed by atoms with E-state index in [1.165, 1.54) is 0 Å². The average molecular weight is 841 g/mol. The molecule has 0 N–H and O–H groups in total. The molecule has 65 heavy (non-hydrogen) atoms. The Bertz CT molecular complexity index is 3180. The molecular weight excluding hydrogens is 809 g/mol. The summed E-state index contributed by atoms with van der Waals surface area (Å²) >= 11 is 0. The number of nitrogens with zero attached hydrogens (tertiary/aromatic N) is 2. The van der Waals surface area contributed by atoms with Crippen LogP contribution in [0.15, 0.2) is 182 Å². The SMILES string of the molecule is C#Cc1ccc2c(c1)C(=O)N(c1ccc(Oc3ccc(C4(c5ccc(Oc6ccc(N7C(=O)c8ccc(C#C)cc8C7=O)cc6)cc5)c5ccccc5-c5ccccc54)cc3)cc1)C2=O. The lowest BCUT2D eigenvalue weighted by Crippen LogP contribution is -2.29. The van der Waals surface area contributed by atoms with Crippen molar-refractivity contribution in [1.29, 1.82) is 0 Å². The molecule has 2 heterocycles. The standard InChI is InChI=1S/C57H32N2O6/c1-3-35-13-31-47-49(33-35)55(62)58(53(47)60)39-19-27-43(28-20-39)64-41-23-15-37(16-24-41)57(51-11-7-5-9-45(51)46-10-6-8-12-52(46)57)38-17-25-42(26-18-38)65-44-29-21-40(22-30-44)59-54(61)48-32-14-36(4-2)34-50(48)56(59)63/h1-2,5-34H. The number of fused-ring (bicyclic) bond motifs is 5. The van der Waals surface area contributed by atoms with Crippen LogP contribution < -0.4 is 19.3 Å². The van der Waals surface area contributed by atoms with Crippen LogP contribution in [0.1, 0.15) is 74.8 Å². The van der Waals surface area contributed by atoms with E-state index in [1.807, 2.05) is 24.3 Å². The highest BCUT2D eigenvalue weighted by atomic mass is 16.5. The van der Waals surface area contributed by atoms with Crippen molar-refractivity contribution in [3.63, 3.8) is 0 Å². The minimum atomic E-state index is -0.686. The summed E-state index contributed by atoms with van der Waals surface area (Å²) in [6, 6.07) is 56.3. The van der Waals surface area contributed by atoms with Gasteiger partial charge in [0.2, 0.25) is 0 Å². The maximum atomic E-state index is 13.2. The number of rotatable bonds is 8. The Balaban J connectivity index is 0.862. The lowest BCUT2D eigenvalue weighted by molar-refractivity contribution is 0.0910. The molecule has 0 bridgehead atoms. The van der Waals surface area contributed by atoms with Gasteiger partial charge in [-0.2, -0.15) is 0 Å². The van der Waals surface area contributed by atoms with Gasteiger partial charge in [0.1, 0.15) is 23.0 Å². The van der Waals surface area contributed by atoms with Crippen molar-refractivity contribution in [1.82, 2.24) is 0 Å². The lowest BCUT2D eigenvalue weighted by Gasteiger charge is -2.34. The molecule has 0 spiro atoms. The first kappa shape index (κ1) is 38.7. The van der Waals surface area contributed by atoms with Crippen LogP contribution in [0.5, 0.6) is 23.0 Å². The predicted molar refractivity (Wildman–Crippen MR) is 248 cm³/mol. The predicted octanol–water partition coefficient (Wildman–Crippen LogP) is 11.2. The maximum Gasteiger partial charge on any atom is 0.266 e. The van der Waals surface area contributed by atoms with Gasteiger partial charge in [0, 0.05) is 11.1 Å². The van der Waals surface area contributed by atoms with Crippen LogP contribution in [0.3, 0.4) is 0 Å². The molecule has 0 saturated carbocycles. The van der Waals surface area contributed by atoms with Gasteiger partial charge in [-0.3, -0.25) is 19.2 Å². The molecule has 2 aliphatic heterocycles. The van der Waals surface area contributed by atoms with Gasteiger partial charge in [0.25, 0.3) is 23.6 Å². The molecule has 3 aliphatic rings. The molecule has 0 radical (unpaired) electrons. The summed E-state index contributed by atoms with van der Waals surface area (Å²) in [5.41, 5.74) is 9.07. The Morgan fingerprint density at radius 2 is 0.708 bits per heavy atom. The van der Waals surface area contributed by atoms with Gasteiger partial charge in [0.05, 0.1) is 39.0 Å².